The van der Waals surface area contributed by atoms with Crippen LogP contribution in [0, 0.1) is 20.8 Å². The fourth-order valence-corrected chi connectivity index (χ4v) is 2.99. The van der Waals surface area contributed by atoms with Crippen LogP contribution < -0.4 is 10.1 Å². The molecule has 0 saturated heterocycles. The molecule has 4 nitrogen and oxygen atoms in total. The normalized spacial score (nSPS) is 13.9. The molecule has 144 valence electrons. The van der Waals surface area contributed by atoms with Gasteiger partial charge < -0.3 is 20.1 Å². The monoisotopic (exact) mass is 350 g/mol. The summed E-state index contributed by atoms with van der Waals surface area (Å²) in [5.41, 5.74) is 3.49. The van der Waals surface area contributed by atoms with Gasteiger partial charge in [0.2, 0.25) is 0 Å². The van der Waals surface area contributed by atoms with Gasteiger partial charge in [0.25, 0.3) is 0 Å². The summed E-state index contributed by atoms with van der Waals surface area (Å²) in [6.45, 7) is 17.1. The summed E-state index contributed by atoms with van der Waals surface area (Å²) in [4.78, 5) is 2.45. The molecule has 1 aromatic carbocycles. The van der Waals surface area contributed by atoms with Gasteiger partial charge in [0, 0.05) is 12.6 Å². The Bertz CT molecular complexity index is 501. The molecular formula is C21H38N2O2. The molecule has 0 saturated carbocycles. The summed E-state index contributed by atoms with van der Waals surface area (Å²) < 4.78 is 5.89. The van der Waals surface area contributed by atoms with Gasteiger partial charge in [0.1, 0.15) is 18.5 Å². The van der Waals surface area contributed by atoms with Crippen molar-refractivity contribution in [2.45, 2.75) is 66.5 Å². The zero-order valence-electron chi connectivity index (χ0n) is 17.1. The Morgan fingerprint density at radius 3 is 2.40 bits per heavy atom. The molecule has 0 heterocycles. The zero-order chi connectivity index (χ0) is 18.8. The number of aliphatic hydroxyl groups is 1. The van der Waals surface area contributed by atoms with E-state index < -0.39 is 6.10 Å². The van der Waals surface area contributed by atoms with Gasteiger partial charge in [-0.2, -0.15) is 0 Å². The van der Waals surface area contributed by atoms with Crippen LogP contribution in [0.1, 0.15) is 50.3 Å². The number of rotatable bonds is 12. The molecule has 0 aromatic heterocycles. The first-order valence-corrected chi connectivity index (χ1v) is 9.72. The Labute approximate surface area is 154 Å². The Morgan fingerprint density at radius 2 is 1.76 bits per heavy atom. The van der Waals surface area contributed by atoms with Crippen LogP contribution in [0.5, 0.6) is 5.75 Å². The van der Waals surface area contributed by atoms with Crippen LogP contribution in [0.4, 0.5) is 0 Å². The molecule has 2 atom stereocenters. The second-order valence-electron chi connectivity index (χ2n) is 7.10. The van der Waals surface area contributed by atoms with Gasteiger partial charge in [-0.1, -0.05) is 26.0 Å². The van der Waals surface area contributed by atoms with Crippen LogP contribution in [0.3, 0.4) is 0 Å². The second kappa shape index (κ2) is 11.5. The molecule has 0 aliphatic carbocycles. The van der Waals surface area contributed by atoms with Crippen LogP contribution in [0.15, 0.2) is 12.1 Å². The lowest BCUT2D eigenvalue weighted by molar-refractivity contribution is 0.103. The number of aliphatic hydroxyl groups excluding tert-OH is 1. The van der Waals surface area contributed by atoms with E-state index in [0.29, 0.717) is 19.2 Å². The third-order valence-corrected chi connectivity index (χ3v) is 5.00. The molecule has 4 heteroatoms. The van der Waals surface area contributed by atoms with Crippen molar-refractivity contribution in [1.82, 2.24) is 10.2 Å². The summed E-state index contributed by atoms with van der Waals surface area (Å²) >= 11 is 0. The van der Waals surface area contributed by atoms with Crippen LogP contribution >= 0.6 is 0 Å². The number of nitrogens with one attached hydrogen (secondary N) is 1. The predicted molar refractivity (Wildman–Crippen MR) is 107 cm³/mol. The third kappa shape index (κ3) is 7.76. The van der Waals surface area contributed by atoms with Crippen LogP contribution in [0.25, 0.3) is 0 Å². The number of ether oxygens (including phenoxy) is 1. The quantitative estimate of drug-likeness (QED) is 0.606. The lowest BCUT2D eigenvalue weighted by Crippen LogP contribution is -2.37. The number of benzene rings is 1. The fraction of sp³-hybridized carbons (Fsp3) is 0.714. The lowest BCUT2D eigenvalue weighted by atomic mass is 10.1. The molecular weight excluding hydrogens is 312 g/mol. The molecule has 0 bridgehead atoms. The van der Waals surface area contributed by atoms with Crippen molar-refractivity contribution in [1.29, 1.82) is 0 Å². The van der Waals surface area contributed by atoms with Crippen LogP contribution in [0.2, 0.25) is 0 Å². The van der Waals surface area contributed by atoms with Crippen molar-refractivity contribution in [3.05, 3.63) is 28.8 Å². The Kier molecular flexibility index (Phi) is 10.1. The van der Waals surface area contributed by atoms with Crippen molar-refractivity contribution in [2.75, 3.05) is 32.8 Å². The van der Waals surface area contributed by atoms with E-state index in [-0.39, 0.29) is 0 Å². The average Bonchev–Trinajstić information content (AvgIpc) is 2.60. The standard InChI is InChI=1S/C21H38N2O2/c1-7-23(8-2)13-9-10-18(5)22-14-20(24)15-25-21-17(4)12-11-16(3)19(21)6/h11-12,18,20,22,24H,7-10,13-15H2,1-6H3. The number of nitrogens with zero attached hydrogens (tertiary/aromatic N) is 1. The van der Waals surface area contributed by atoms with Crippen molar-refractivity contribution >= 4 is 0 Å². The highest BCUT2D eigenvalue weighted by Gasteiger charge is 2.11. The number of hydrogen-bond acceptors (Lipinski definition) is 4. The summed E-state index contributed by atoms with van der Waals surface area (Å²) in [6.07, 6.45) is 1.81. The van der Waals surface area contributed by atoms with Gasteiger partial charge in [0.05, 0.1) is 0 Å². The largest absolute Gasteiger partial charge is 0.490 e. The lowest BCUT2D eigenvalue weighted by Gasteiger charge is -2.21. The smallest absolute Gasteiger partial charge is 0.125 e. The summed E-state index contributed by atoms with van der Waals surface area (Å²) in [5, 5.41) is 13.6. The minimum absolute atomic E-state index is 0.324. The van der Waals surface area contributed by atoms with Crippen LogP contribution in [-0.4, -0.2) is 54.9 Å². The summed E-state index contributed by atoms with van der Waals surface area (Å²) in [7, 11) is 0. The summed E-state index contributed by atoms with van der Waals surface area (Å²) in [5.74, 6) is 0.909. The van der Waals surface area contributed by atoms with Crippen molar-refractivity contribution in [3.8, 4) is 5.75 Å². The third-order valence-electron chi connectivity index (χ3n) is 5.00. The van der Waals surface area contributed by atoms with Crippen LogP contribution in [-0.2, 0) is 0 Å². The van der Waals surface area contributed by atoms with Gasteiger partial charge in [0.15, 0.2) is 0 Å². The maximum atomic E-state index is 10.2. The molecule has 0 aliphatic rings. The maximum Gasteiger partial charge on any atom is 0.125 e. The van der Waals surface area contributed by atoms with Crippen molar-refractivity contribution in [3.63, 3.8) is 0 Å². The van der Waals surface area contributed by atoms with E-state index in [1.807, 2.05) is 6.92 Å². The minimum Gasteiger partial charge on any atom is -0.490 e. The van der Waals surface area contributed by atoms with Crippen molar-refractivity contribution in [2.24, 2.45) is 0 Å². The van der Waals surface area contributed by atoms with Gasteiger partial charge in [-0.05, 0) is 76.9 Å². The average molecular weight is 351 g/mol. The Hall–Kier alpha value is -1.10. The molecule has 0 fully saturated rings. The highest BCUT2D eigenvalue weighted by atomic mass is 16.5. The molecule has 2 unspecified atom stereocenters. The Morgan fingerprint density at radius 1 is 1.12 bits per heavy atom. The SMILES string of the molecule is CCN(CC)CCCC(C)NCC(O)COc1c(C)ccc(C)c1C. The molecule has 25 heavy (non-hydrogen) atoms. The summed E-state index contributed by atoms with van der Waals surface area (Å²) in [6, 6.07) is 4.59. The topological polar surface area (TPSA) is 44.7 Å². The molecule has 1 rings (SSSR count). The van der Waals surface area contributed by atoms with Gasteiger partial charge >= 0.3 is 0 Å². The molecule has 0 radical (unpaired) electrons. The van der Waals surface area contributed by atoms with Gasteiger partial charge in [-0.25, -0.2) is 0 Å². The second-order valence-corrected chi connectivity index (χ2v) is 7.10. The first-order valence-electron chi connectivity index (χ1n) is 9.72. The van der Waals surface area contributed by atoms with E-state index in [1.54, 1.807) is 0 Å². The van der Waals surface area contributed by atoms with E-state index in [2.05, 4.69) is 57.0 Å². The molecule has 0 aliphatic heterocycles. The van der Waals surface area contributed by atoms with E-state index in [4.69, 9.17) is 4.74 Å². The predicted octanol–water partition coefficient (Wildman–Crippen LogP) is 3.45. The minimum atomic E-state index is -0.496. The van der Waals surface area contributed by atoms with Crippen molar-refractivity contribution < 1.29 is 9.84 Å². The number of aryl methyl sites for hydroxylation is 2. The molecule has 2 N–H and O–H groups in total. The highest BCUT2D eigenvalue weighted by molar-refractivity contribution is 5.44. The van der Waals surface area contributed by atoms with E-state index >= 15 is 0 Å². The fourth-order valence-electron chi connectivity index (χ4n) is 2.99. The number of hydrogen-bond donors (Lipinski definition) is 2. The molecule has 0 spiro atoms. The molecule has 0 amide bonds. The first kappa shape index (κ1) is 21.9. The molecule has 1 aromatic rings. The van der Waals surface area contributed by atoms with E-state index in [0.717, 1.165) is 42.9 Å². The van der Waals surface area contributed by atoms with Gasteiger partial charge in [-0.15, -0.1) is 0 Å². The first-order chi connectivity index (χ1) is 11.9. The zero-order valence-corrected chi connectivity index (χ0v) is 17.1. The highest BCUT2D eigenvalue weighted by Crippen LogP contribution is 2.25. The van der Waals surface area contributed by atoms with Gasteiger partial charge in [-0.3, -0.25) is 0 Å². The maximum absolute atomic E-state index is 10.2. The Balaban J connectivity index is 2.29. The van der Waals surface area contributed by atoms with E-state index in [9.17, 15) is 5.11 Å². The van der Waals surface area contributed by atoms with E-state index in [1.165, 1.54) is 12.0 Å².